The van der Waals surface area contributed by atoms with E-state index in [0.29, 0.717) is 17.0 Å². The molecule has 26 heavy (non-hydrogen) atoms. The zero-order valence-electron chi connectivity index (χ0n) is 14.0. The Morgan fingerprint density at radius 1 is 0.846 bits per heavy atom. The summed E-state index contributed by atoms with van der Waals surface area (Å²) in [6.07, 6.45) is 0. The molecule has 0 radical (unpaired) electrons. The van der Waals surface area contributed by atoms with Crippen molar-refractivity contribution in [2.24, 2.45) is 0 Å². The molecule has 0 saturated heterocycles. The standard InChI is InChI=1S/C21H17N3O2/c22-14-16-6-4-5-9-20(16)26-15-21(25)24-19-12-10-18(11-13-19)23-17-7-2-1-3-8-17/h1-13,23H,15H2,(H,24,25). The average Bonchev–Trinajstić information content (AvgIpc) is 2.69. The molecule has 0 spiro atoms. The number of anilines is 3. The van der Waals surface area contributed by atoms with Gasteiger partial charge in [-0.15, -0.1) is 0 Å². The number of ether oxygens (including phenoxy) is 1. The van der Waals surface area contributed by atoms with Gasteiger partial charge in [0.25, 0.3) is 5.91 Å². The number of nitrogens with one attached hydrogen (secondary N) is 2. The van der Waals surface area contributed by atoms with Crippen molar-refractivity contribution >= 4 is 23.0 Å². The molecular weight excluding hydrogens is 326 g/mol. The first-order valence-electron chi connectivity index (χ1n) is 8.08. The monoisotopic (exact) mass is 343 g/mol. The lowest BCUT2D eigenvalue weighted by Crippen LogP contribution is -2.20. The normalized spacial score (nSPS) is 9.81. The van der Waals surface area contributed by atoms with Gasteiger partial charge >= 0.3 is 0 Å². The van der Waals surface area contributed by atoms with Crippen LogP contribution in [0.2, 0.25) is 0 Å². The fourth-order valence-electron chi connectivity index (χ4n) is 2.35. The largest absolute Gasteiger partial charge is 0.482 e. The third kappa shape index (κ3) is 4.62. The molecule has 0 aromatic heterocycles. The third-order valence-corrected chi connectivity index (χ3v) is 3.60. The first-order valence-corrected chi connectivity index (χ1v) is 8.08. The van der Waals surface area contributed by atoms with Crippen molar-refractivity contribution in [2.75, 3.05) is 17.2 Å². The lowest BCUT2D eigenvalue weighted by molar-refractivity contribution is -0.118. The summed E-state index contributed by atoms with van der Waals surface area (Å²) >= 11 is 0. The van der Waals surface area contributed by atoms with Gasteiger partial charge in [-0.05, 0) is 48.5 Å². The van der Waals surface area contributed by atoms with Crippen LogP contribution in [0.4, 0.5) is 17.1 Å². The fourth-order valence-corrected chi connectivity index (χ4v) is 2.35. The Morgan fingerprint density at radius 2 is 1.46 bits per heavy atom. The van der Waals surface area contributed by atoms with Gasteiger partial charge in [-0.1, -0.05) is 30.3 Å². The van der Waals surface area contributed by atoms with Crippen molar-refractivity contribution in [2.45, 2.75) is 0 Å². The number of hydrogen-bond acceptors (Lipinski definition) is 4. The van der Waals surface area contributed by atoms with Gasteiger partial charge in [0.05, 0.1) is 5.56 Å². The maximum atomic E-state index is 12.0. The van der Waals surface area contributed by atoms with Crippen molar-refractivity contribution in [3.63, 3.8) is 0 Å². The Morgan fingerprint density at radius 3 is 2.19 bits per heavy atom. The van der Waals surface area contributed by atoms with E-state index in [1.165, 1.54) is 0 Å². The van der Waals surface area contributed by atoms with E-state index < -0.39 is 0 Å². The van der Waals surface area contributed by atoms with Crippen molar-refractivity contribution < 1.29 is 9.53 Å². The second-order valence-electron chi connectivity index (χ2n) is 5.51. The summed E-state index contributed by atoms with van der Waals surface area (Å²) in [4.78, 5) is 12.0. The minimum atomic E-state index is -0.290. The Labute approximate surface area is 151 Å². The number of amides is 1. The molecule has 0 aliphatic carbocycles. The maximum absolute atomic E-state index is 12.0. The van der Waals surface area contributed by atoms with E-state index in [9.17, 15) is 4.79 Å². The Kier molecular flexibility index (Phi) is 5.48. The van der Waals surface area contributed by atoms with Crippen LogP contribution in [0, 0.1) is 11.3 Å². The second kappa shape index (κ2) is 8.36. The number of benzene rings is 3. The smallest absolute Gasteiger partial charge is 0.262 e. The van der Waals surface area contributed by atoms with Crippen LogP contribution in [0.25, 0.3) is 0 Å². The second-order valence-corrected chi connectivity index (χ2v) is 5.51. The van der Waals surface area contributed by atoms with Crippen LogP contribution in [0.15, 0.2) is 78.9 Å². The van der Waals surface area contributed by atoms with Crippen molar-refractivity contribution in [3.8, 4) is 11.8 Å². The molecule has 3 rings (SSSR count). The zero-order valence-corrected chi connectivity index (χ0v) is 14.0. The van der Waals surface area contributed by atoms with Crippen LogP contribution in [0.3, 0.4) is 0 Å². The van der Waals surface area contributed by atoms with Crippen LogP contribution >= 0.6 is 0 Å². The Balaban J connectivity index is 1.54. The molecule has 0 saturated carbocycles. The lowest BCUT2D eigenvalue weighted by atomic mass is 10.2. The highest BCUT2D eigenvalue weighted by molar-refractivity contribution is 5.92. The van der Waals surface area contributed by atoms with Crippen molar-refractivity contribution in [1.29, 1.82) is 5.26 Å². The van der Waals surface area contributed by atoms with Crippen LogP contribution in [0.1, 0.15) is 5.56 Å². The highest BCUT2D eigenvalue weighted by Gasteiger charge is 2.07. The SMILES string of the molecule is N#Cc1ccccc1OCC(=O)Nc1ccc(Nc2ccccc2)cc1. The number of rotatable bonds is 6. The van der Waals surface area contributed by atoms with Crippen LogP contribution in [-0.2, 0) is 4.79 Å². The molecule has 1 amide bonds. The molecule has 0 unspecified atom stereocenters. The third-order valence-electron chi connectivity index (χ3n) is 3.60. The molecule has 0 aliphatic rings. The van der Waals surface area contributed by atoms with E-state index >= 15 is 0 Å². The fraction of sp³-hybridized carbons (Fsp3) is 0.0476. The highest BCUT2D eigenvalue weighted by atomic mass is 16.5. The van der Waals surface area contributed by atoms with Crippen molar-refractivity contribution in [3.05, 3.63) is 84.4 Å². The summed E-state index contributed by atoms with van der Waals surface area (Å²) in [5, 5.41) is 15.1. The molecule has 0 aliphatic heterocycles. The number of hydrogen-bond donors (Lipinski definition) is 2. The molecule has 0 heterocycles. The molecule has 3 aromatic carbocycles. The summed E-state index contributed by atoms with van der Waals surface area (Å²) in [5.74, 6) is 0.106. The van der Waals surface area contributed by atoms with E-state index in [1.54, 1.807) is 24.3 Å². The van der Waals surface area contributed by atoms with Gasteiger partial charge in [0.1, 0.15) is 11.8 Å². The Bertz CT molecular complexity index is 916. The topological polar surface area (TPSA) is 74.1 Å². The van der Waals surface area contributed by atoms with E-state index in [1.807, 2.05) is 60.7 Å². The number of carbonyl (C=O) groups is 1. The van der Waals surface area contributed by atoms with Crippen LogP contribution in [0.5, 0.6) is 5.75 Å². The predicted octanol–water partition coefficient (Wildman–Crippen LogP) is 4.32. The highest BCUT2D eigenvalue weighted by Crippen LogP contribution is 2.19. The number of nitrogens with zero attached hydrogens (tertiary/aromatic N) is 1. The molecule has 5 nitrogen and oxygen atoms in total. The van der Waals surface area contributed by atoms with Gasteiger partial charge in [-0.25, -0.2) is 0 Å². The maximum Gasteiger partial charge on any atom is 0.262 e. The summed E-state index contributed by atoms with van der Waals surface area (Å²) < 4.78 is 5.42. The van der Waals surface area contributed by atoms with E-state index in [2.05, 4.69) is 10.6 Å². The van der Waals surface area contributed by atoms with E-state index in [4.69, 9.17) is 10.00 Å². The lowest BCUT2D eigenvalue weighted by Gasteiger charge is -2.10. The first-order chi connectivity index (χ1) is 12.7. The molecular formula is C21H17N3O2. The molecule has 5 heteroatoms. The van der Waals surface area contributed by atoms with Gasteiger partial charge in [-0.3, -0.25) is 4.79 Å². The van der Waals surface area contributed by atoms with Gasteiger partial charge in [0, 0.05) is 17.1 Å². The quantitative estimate of drug-likeness (QED) is 0.699. The van der Waals surface area contributed by atoms with E-state index in [0.717, 1.165) is 11.4 Å². The molecule has 2 N–H and O–H groups in total. The molecule has 3 aromatic rings. The van der Waals surface area contributed by atoms with Gasteiger partial charge in [0.2, 0.25) is 0 Å². The minimum Gasteiger partial charge on any atom is -0.482 e. The molecule has 0 atom stereocenters. The Hall–Kier alpha value is -3.78. The summed E-state index contributed by atoms with van der Waals surface area (Å²) in [5.41, 5.74) is 2.99. The molecule has 128 valence electrons. The van der Waals surface area contributed by atoms with E-state index in [-0.39, 0.29) is 12.5 Å². The summed E-state index contributed by atoms with van der Waals surface area (Å²) in [7, 11) is 0. The molecule has 0 fully saturated rings. The van der Waals surface area contributed by atoms with Gasteiger partial charge in [0.15, 0.2) is 6.61 Å². The number of carbonyl (C=O) groups excluding carboxylic acids is 1. The average molecular weight is 343 g/mol. The summed E-state index contributed by atoms with van der Waals surface area (Å²) in [6, 6.07) is 26.1. The van der Waals surface area contributed by atoms with Crippen molar-refractivity contribution in [1.82, 2.24) is 0 Å². The number of nitriles is 1. The number of para-hydroxylation sites is 2. The van der Waals surface area contributed by atoms with Gasteiger partial charge < -0.3 is 15.4 Å². The van der Waals surface area contributed by atoms with Gasteiger partial charge in [-0.2, -0.15) is 5.26 Å². The molecule has 0 bridgehead atoms. The first kappa shape index (κ1) is 17.1. The summed E-state index contributed by atoms with van der Waals surface area (Å²) in [6.45, 7) is -0.164. The zero-order chi connectivity index (χ0) is 18.2. The predicted molar refractivity (Wildman–Crippen MR) is 101 cm³/mol. The van der Waals surface area contributed by atoms with Crippen LogP contribution in [-0.4, -0.2) is 12.5 Å². The van der Waals surface area contributed by atoms with Crippen LogP contribution < -0.4 is 15.4 Å². The minimum absolute atomic E-state index is 0.164.